The summed E-state index contributed by atoms with van der Waals surface area (Å²) in [5.74, 6) is 2.09. The zero-order chi connectivity index (χ0) is 16.6. The Balaban J connectivity index is 0.00000484. The Labute approximate surface area is 150 Å². The average molecular weight is 361 g/mol. The standard InChI is InChI=1S/C17H28N2O2S.ClH/c1-5-10-17(3,18)16(20)19-11-13(2)12-22-15-9-7-6-8-14(15)21-4;/h6-9,13H,5,10-12,18H2,1-4H3,(H,19,20);1H. The number of rotatable bonds is 9. The van der Waals surface area contributed by atoms with Gasteiger partial charge in [0.25, 0.3) is 0 Å². The van der Waals surface area contributed by atoms with Crippen molar-refractivity contribution in [2.24, 2.45) is 11.7 Å². The minimum atomic E-state index is -0.774. The molecule has 0 fully saturated rings. The molecule has 1 rings (SSSR count). The maximum atomic E-state index is 12.1. The topological polar surface area (TPSA) is 64.4 Å². The predicted octanol–water partition coefficient (Wildman–Crippen LogP) is 3.48. The molecule has 0 aliphatic heterocycles. The molecule has 6 heteroatoms. The highest BCUT2D eigenvalue weighted by Gasteiger charge is 2.26. The molecule has 1 amide bonds. The maximum Gasteiger partial charge on any atom is 0.239 e. The van der Waals surface area contributed by atoms with Crippen LogP contribution in [-0.2, 0) is 4.79 Å². The minimum absolute atomic E-state index is 0. The predicted molar refractivity (Wildman–Crippen MR) is 101 cm³/mol. The van der Waals surface area contributed by atoms with E-state index in [-0.39, 0.29) is 18.3 Å². The van der Waals surface area contributed by atoms with Gasteiger partial charge in [-0.2, -0.15) is 0 Å². The molecule has 1 aromatic rings. The summed E-state index contributed by atoms with van der Waals surface area (Å²) in [5, 5.41) is 2.96. The van der Waals surface area contributed by atoms with Gasteiger partial charge >= 0.3 is 0 Å². The number of nitrogens with one attached hydrogen (secondary N) is 1. The fourth-order valence-electron chi connectivity index (χ4n) is 2.13. The van der Waals surface area contributed by atoms with E-state index in [1.54, 1.807) is 25.8 Å². The SMILES string of the molecule is CCCC(C)(N)C(=O)NCC(C)CSc1ccccc1OC.Cl. The second kappa shape index (κ2) is 10.8. The number of para-hydroxylation sites is 1. The molecule has 0 saturated heterocycles. The third kappa shape index (κ3) is 7.46. The van der Waals surface area contributed by atoms with Crippen LogP contribution in [-0.4, -0.2) is 30.9 Å². The third-order valence-electron chi connectivity index (χ3n) is 3.49. The first-order valence-corrected chi connectivity index (χ1v) is 8.72. The molecular weight excluding hydrogens is 332 g/mol. The van der Waals surface area contributed by atoms with Crippen LogP contribution in [0.3, 0.4) is 0 Å². The van der Waals surface area contributed by atoms with Gasteiger partial charge in [0, 0.05) is 17.2 Å². The monoisotopic (exact) mass is 360 g/mol. The zero-order valence-corrected chi connectivity index (χ0v) is 16.1. The number of halogens is 1. The largest absolute Gasteiger partial charge is 0.496 e. The minimum Gasteiger partial charge on any atom is -0.496 e. The van der Waals surface area contributed by atoms with Gasteiger partial charge in [-0.1, -0.05) is 32.4 Å². The van der Waals surface area contributed by atoms with E-state index in [2.05, 4.69) is 12.2 Å². The molecule has 0 radical (unpaired) electrons. The van der Waals surface area contributed by atoms with Crippen molar-refractivity contribution in [3.8, 4) is 5.75 Å². The number of carbonyl (C=O) groups excluding carboxylic acids is 1. The Morgan fingerprint density at radius 1 is 1.43 bits per heavy atom. The highest BCUT2D eigenvalue weighted by Crippen LogP contribution is 2.29. The summed E-state index contributed by atoms with van der Waals surface area (Å²) >= 11 is 1.74. The molecule has 2 unspecified atom stereocenters. The third-order valence-corrected chi connectivity index (χ3v) is 4.88. The lowest BCUT2D eigenvalue weighted by atomic mass is 9.96. The van der Waals surface area contributed by atoms with Gasteiger partial charge < -0.3 is 15.8 Å². The summed E-state index contributed by atoms with van der Waals surface area (Å²) in [6.07, 6.45) is 1.60. The van der Waals surface area contributed by atoms with Crippen molar-refractivity contribution in [3.05, 3.63) is 24.3 Å². The molecule has 0 aromatic heterocycles. The Bertz CT molecular complexity index is 483. The first-order valence-electron chi connectivity index (χ1n) is 7.73. The van der Waals surface area contributed by atoms with Crippen LogP contribution in [0.5, 0.6) is 5.75 Å². The summed E-state index contributed by atoms with van der Waals surface area (Å²) < 4.78 is 5.34. The van der Waals surface area contributed by atoms with Crippen molar-refractivity contribution in [1.82, 2.24) is 5.32 Å². The van der Waals surface area contributed by atoms with Crippen LogP contribution < -0.4 is 15.8 Å². The van der Waals surface area contributed by atoms with E-state index in [9.17, 15) is 4.79 Å². The lowest BCUT2D eigenvalue weighted by Crippen LogP contribution is -2.52. The number of hydrogen-bond acceptors (Lipinski definition) is 4. The number of hydrogen-bond donors (Lipinski definition) is 2. The molecule has 0 bridgehead atoms. The Morgan fingerprint density at radius 2 is 2.09 bits per heavy atom. The maximum absolute atomic E-state index is 12.1. The number of thioether (sulfide) groups is 1. The van der Waals surface area contributed by atoms with Crippen molar-refractivity contribution in [2.75, 3.05) is 19.4 Å². The van der Waals surface area contributed by atoms with Crippen LogP contribution in [0.2, 0.25) is 0 Å². The van der Waals surface area contributed by atoms with Gasteiger partial charge in [-0.15, -0.1) is 24.2 Å². The average Bonchev–Trinajstić information content (AvgIpc) is 2.50. The number of methoxy groups -OCH3 is 1. The summed E-state index contributed by atoms with van der Waals surface area (Å²) in [4.78, 5) is 13.2. The van der Waals surface area contributed by atoms with Crippen molar-refractivity contribution in [2.45, 2.75) is 44.0 Å². The lowest BCUT2D eigenvalue weighted by molar-refractivity contribution is -0.126. The fraction of sp³-hybridized carbons (Fsp3) is 0.588. The van der Waals surface area contributed by atoms with E-state index in [1.165, 1.54) is 0 Å². The van der Waals surface area contributed by atoms with Crippen molar-refractivity contribution >= 4 is 30.1 Å². The van der Waals surface area contributed by atoms with E-state index >= 15 is 0 Å². The van der Waals surface area contributed by atoms with E-state index in [0.29, 0.717) is 18.9 Å². The van der Waals surface area contributed by atoms with Crippen LogP contribution in [0.25, 0.3) is 0 Å². The molecule has 0 saturated carbocycles. The molecule has 3 N–H and O–H groups in total. The van der Waals surface area contributed by atoms with Crippen molar-refractivity contribution in [3.63, 3.8) is 0 Å². The summed E-state index contributed by atoms with van der Waals surface area (Å²) in [6, 6.07) is 7.97. The number of amides is 1. The highest BCUT2D eigenvalue weighted by molar-refractivity contribution is 7.99. The Hall–Kier alpha value is -0.910. The van der Waals surface area contributed by atoms with Crippen LogP contribution >= 0.6 is 24.2 Å². The lowest BCUT2D eigenvalue weighted by Gasteiger charge is -2.24. The van der Waals surface area contributed by atoms with E-state index < -0.39 is 5.54 Å². The zero-order valence-electron chi connectivity index (χ0n) is 14.4. The van der Waals surface area contributed by atoms with E-state index in [4.69, 9.17) is 10.5 Å². The van der Waals surface area contributed by atoms with Gasteiger partial charge in [0.1, 0.15) is 5.75 Å². The van der Waals surface area contributed by atoms with E-state index in [0.717, 1.165) is 22.8 Å². The van der Waals surface area contributed by atoms with Gasteiger partial charge in [-0.05, 0) is 31.4 Å². The molecule has 23 heavy (non-hydrogen) atoms. The molecular formula is C17H29ClN2O2S. The molecule has 132 valence electrons. The second-order valence-electron chi connectivity index (χ2n) is 5.94. The first kappa shape index (κ1) is 22.1. The highest BCUT2D eigenvalue weighted by atomic mass is 35.5. The smallest absolute Gasteiger partial charge is 0.239 e. The van der Waals surface area contributed by atoms with Gasteiger partial charge in [-0.25, -0.2) is 0 Å². The summed E-state index contributed by atoms with van der Waals surface area (Å²) in [5.41, 5.74) is 5.25. The van der Waals surface area contributed by atoms with Crippen LogP contribution in [0.15, 0.2) is 29.2 Å². The van der Waals surface area contributed by atoms with Gasteiger partial charge in [0.05, 0.1) is 12.6 Å². The van der Waals surface area contributed by atoms with E-state index in [1.807, 2.05) is 31.2 Å². The van der Waals surface area contributed by atoms with Gasteiger partial charge in [0.2, 0.25) is 5.91 Å². The molecule has 0 heterocycles. The quantitative estimate of drug-likeness (QED) is 0.662. The normalized spacial score (nSPS) is 14.3. The molecule has 0 aliphatic carbocycles. The summed E-state index contributed by atoms with van der Waals surface area (Å²) in [7, 11) is 1.68. The molecule has 1 aromatic carbocycles. The van der Waals surface area contributed by atoms with Crippen LogP contribution in [0.1, 0.15) is 33.6 Å². The molecule has 0 spiro atoms. The Kier molecular flexibility index (Phi) is 10.4. The molecule has 2 atom stereocenters. The first-order chi connectivity index (χ1) is 10.4. The fourth-order valence-corrected chi connectivity index (χ4v) is 3.18. The number of ether oxygens (including phenoxy) is 1. The van der Waals surface area contributed by atoms with Crippen LogP contribution in [0.4, 0.5) is 0 Å². The molecule has 0 aliphatic rings. The van der Waals surface area contributed by atoms with Crippen molar-refractivity contribution in [1.29, 1.82) is 0 Å². The second-order valence-corrected chi connectivity index (χ2v) is 7.01. The number of nitrogens with two attached hydrogens (primary N) is 1. The molecule has 4 nitrogen and oxygen atoms in total. The van der Waals surface area contributed by atoms with Gasteiger partial charge in [0.15, 0.2) is 0 Å². The number of benzene rings is 1. The number of carbonyl (C=O) groups is 1. The van der Waals surface area contributed by atoms with Gasteiger partial charge in [-0.3, -0.25) is 4.79 Å². The Morgan fingerprint density at radius 3 is 2.70 bits per heavy atom. The summed E-state index contributed by atoms with van der Waals surface area (Å²) in [6.45, 7) is 6.58. The van der Waals surface area contributed by atoms with Crippen molar-refractivity contribution < 1.29 is 9.53 Å². The van der Waals surface area contributed by atoms with Crippen LogP contribution in [0, 0.1) is 5.92 Å².